The Morgan fingerprint density at radius 2 is 2.21 bits per heavy atom. The summed E-state index contributed by atoms with van der Waals surface area (Å²) in [4.78, 5) is 0. The molecule has 2 heterocycles. The SMILES string of the molecule is Brc1cccc2c(C3CNC3)[nH]nc12. The monoisotopic (exact) mass is 251 g/mol. The number of rotatable bonds is 1. The molecule has 1 aromatic heterocycles. The number of H-pyrrole nitrogens is 1. The Balaban J connectivity index is 2.20. The first-order valence-corrected chi connectivity index (χ1v) is 5.49. The maximum atomic E-state index is 4.32. The minimum absolute atomic E-state index is 0.606. The van der Waals surface area contributed by atoms with Gasteiger partial charge in [0.25, 0.3) is 0 Å². The van der Waals surface area contributed by atoms with Crippen LogP contribution in [0, 0.1) is 0 Å². The molecule has 0 aliphatic carbocycles. The lowest BCUT2D eigenvalue weighted by atomic mass is 9.97. The molecule has 0 radical (unpaired) electrons. The molecule has 1 aliphatic rings. The van der Waals surface area contributed by atoms with Crippen LogP contribution < -0.4 is 5.32 Å². The number of benzene rings is 1. The minimum Gasteiger partial charge on any atom is -0.315 e. The average molecular weight is 252 g/mol. The average Bonchev–Trinajstić information content (AvgIpc) is 2.48. The second kappa shape index (κ2) is 3.07. The molecule has 1 aromatic carbocycles. The van der Waals surface area contributed by atoms with Crippen molar-refractivity contribution in [3.05, 3.63) is 28.4 Å². The molecule has 2 aromatic rings. The first-order chi connectivity index (χ1) is 6.86. The maximum absolute atomic E-state index is 4.32. The normalized spacial score (nSPS) is 17.2. The Hall–Kier alpha value is -0.870. The van der Waals surface area contributed by atoms with Gasteiger partial charge in [-0.3, -0.25) is 5.10 Å². The van der Waals surface area contributed by atoms with Gasteiger partial charge in [-0.15, -0.1) is 0 Å². The van der Waals surface area contributed by atoms with Crippen LogP contribution in [0.1, 0.15) is 11.6 Å². The van der Waals surface area contributed by atoms with Crippen molar-refractivity contribution in [1.29, 1.82) is 0 Å². The molecule has 0 amide bonds. The largest absolute Gasteiger partial charge is 0.315 e. The van der Waals surface area contributed by atoms with E-state index in [9.17, 15) is 0 Å². The van der Waals surface area contributed by atoms with Gasteiger partial charge >= 0.3 is 0 Å². The molecule has 4 heteroatoms. The molecule has 72 valence electrons. The highest BCUT2D eigenvalue weighted by Crippen LogP contribution is 2.29. The van der Waals surface area contributed by atoms with Gasteiger partial charge in [-0.05, 0) is 22.0 Å². The van der Waals surface area contributed by atoms with Gasteiger partial charge in [0, 0.05) is 34.6 Å². The number of hydrogen-bond acceptors (Lipinski definition) is 2. The molecule has 0 spiro atoms. The Bertz CT molecular complexity index is 473. The highest BCUT2D eigenvalue weighted by molar-refractivity contribution is 9.10. The van der Waals surface area contributed by atoms with Crippen LogP contribution in [0.15, 0.2) is 22.7 Å². The highest BCUT2D eigenvalue weighted by atomic mass is 79.9. The van der Waals surface area contributed by atoms with E-state index in [1.54, 1.807) is 0 Å². The van der Waals surface area contributed by atoms with Gasteiger partial charge in [0.15, 0.2) is 0 Å². The summed E-state index contributed by atoms with van der Waals surface area (Å²) >= 11 is 3.50. The van der Waals surface area contributed by atoms with Crippen molar-refractivity contribution in [3.63, 3.8) is 0 Å². The van der Waals surface area contributed by atoms with Crippen molar-refractivity contribution in [1.82, 2.24) is 15.5 Å². The van der Waals surface area contributed by atoms with Crippen LogP contribution in [0.25, 0.3) is 10.9 Å². The fourth-order valence-electron chi connectivity index (χ4n) is 1.83. The molecule has 1 fully saturated rings. The standard InChI is InChI=1S/C10H10BrN3/c11-8-3-1-2-7-9(6-4-12-5-6)13-14-10(7)8/h1-3,6,12H,4-5H2,(H,13,14). The first kappa shape index (κ1) is 8.44. The second-order valence-corrected chi connectivity index (χ2v) is 4.48. The number of halogens is 1. The third-order valence-electron chi connectivity index (χ3n) is 2.75. The van der Waals surface area contributed by atoms with Crippen molar-refractivity contribution in [2.75, 3.05) is 13.1 Å². The lowest BCUT2D eigenvalue weighted by Crippen LogP contribution is -2.40. The molecular formula is C10H10BrN3. The van der Waals surface area contributed by atoms with E-state index in [1.807, 2.05) is 6.07 Å². The second-order valence-electron chi connectivity index (χ2n) is 3.63. The van der Waals surface area contributed by atoms with E-state index in [1.165, 1.54) is 11.1 Å². The van der Waals surface area contributed by atoms with E-state index in [0.29, 0.717) is 5.92 Å². The van der Waals surface area contributed by atoms with E-state index in [0.717, 1.165) is 23.1 Å². The van der Waals surface area contributed by atoms with Gasteiger partial charge in [-0.2, -0.15) is 5.10 Å². The van der Waals surface area contributed by atoms with Crippen LogP contribution in [-0.2, 0) is 0 Å². The van der Waals surface area contributed by atoms with Crippen LogP contribution in [0.4, 0.5) is 0 Å². The first-order valence-electron chi connectivity index (χ1n) is 4.69. The van der Waals surface area contributed by atoms with Gasteiger partial charge in [-0.25, -0.2) is 0 Å². The van der Waals surface area contributed by atoms with Crippen molar-refractivity contribution < 1.29 is 0 Å². The van der Waals surface area contributed by atoms with E-state index in [2.05, 4.69) is 43.6 Å². The maximum Gasteiger partial charge on any atom is 0.107 e. The van der Waals surface area contributed by atoms with Crippen LogP contribution in [0.5, 0.6) is 0 Å². The number of aromatic nitrogens is 2. The number of hydrogen-bond donors (Lipinski definition) is 2. The van der Waals surface area contributed by atoms with Crippen LogP contribution >= 0.6 is 15.9 Å². The van der Waals surface area contributed by atoms with E-state index in [4.69, 9.17) is 0 Å². The molecule has 0 saturated carbocycles. The summed E-state index contributed by atoms with van der Waals surface area (Å²) in [5.41, 5.74) is 2.30. The third-order valence-corrected chi connectivity index (χ3v) is 3.39. The minimum atomic E-state index is 0.606. The van der Waals surface area contributed by atoms with E-state index >= 15 is 0 Å². The Kier molecular flexibility index (Phi) is 1.85. The Morgan fingerprint density at radius 1 is 1.36 bits per heavy atom. The topological polar surface area (TPSA) is 40.7 Å². The molecule has 3 nitrogen and oxygen atoms in total. The highest BCUT2D eigenvalue weighted by Gasteiger charge is 2.23. The number of fused-ring (bicyclic) bond motifs is 1. The van der Waals surface area contributed by atoms with Crippen LogP contribution in [0.3, 0.4) is 0 Å². The predicted molar refractivity (Wildman–Crippen MR) is 59.4 cm³/mol. The molecule has 1 saturated heterocycles. The van der Waals surface area contributed by atoms with Crippen LogP contribution in [0.2, 0.25) is 0 Å². The van der Waals surface area contributed by atoms with Gasteiger partial charge in [0.05, 0.1) is 0 Å². The lowest BCUT2D eigenvalue weighted by Gasteiger charge is -2.26. The summed E-state index contributed by atoms with van der Waals surface area (Å²) < 4.78 is 1.06. The van der Waals surface area contributed by atoms with Gasteiger partial charge < -0.3 is 5.32 Å². The zero-order valence-corrected chi connectivity index (χ0v) is 9.13. The zero-order valence-electron chi connectivity index (χ0n) is 7.55. The zero-order chi connectivity index (χ0) is 9.54. The summed E-state index contributed by atoms with van der Waals surface area (Å²) in [5, 5.41) is 12.0. The van der Waals surface area contributed by atoms with Gasteiger partial charge in [0.1, 0.15) is 5.52 Å². The van der Waals surface area contributed by atoms with Crippen molar-refractivity contribution >= 4 is 26.8 Å². The molecule has 14 heavy (non-hydrogen) atoms. The summed E-state index contributed by atoms with van der Waals surface area (Å²) in [6.07, 6.45) is 0. The third kappa shape index (κ3) is 1.11. The summed E-state index contributed by atoms with van der Waals surface area (Å²) in [7, 11) is 0. The summed E-state index contributed by atoms with van der Waals surface area (Å²) in [6.45, 7) is 2.12. The Morgan fingerprint density at radius 3 is 2.93 bits per heavy atom. The fraction of sp³-hybridized carbons (Fsp3) is 0.300. The molecule has 0 bridgehead atoms. The fourth-order valence-corrected chi connectivity index (χ4v) is 2.28. The molecule has 1 aliphatic heterocycles. The summed E-state index contributed by atoms with van der Waals surface area (Å²) in [6, 6.07) is 6.20. The molecular weight excluding hydrogens is 242 g/mol. The summed E-state index contributed by atoms with van der Waals surface area (Å²) in [5.74, 6) is 0.606. The van der Waals surface area contributed by atoms with Crippen LogP contribution in [-0.4, -0.2) is 23.3 Å². The molecule has 0 atom stereocenters. The van der Waals surface area contributed by atoms with Crippen molar-refractivity contribution in [2.45, 2.75) is 5.92 Å². The predicted octanol–water partition coefficient (Wildman–Crippen LogP) is 2.01. The van der Waals surface area contributed by atoms with E-state index in [-0.39, 0.29) is 0 Å². The number of para-hydroxylation sites is 1. The molecule has 0 unspecified atom stereocenters. The lowest BCUT2D eigenvalue weighted by molar-refractivity contribution is 0.441. The number of nitrogens with zero attached hydrogens (tertiary/aromatic N) is 1. The molecule has 3 rings (SSSR count). The smallest absolute Gasteiger partial charge is 0.107 e. The quantitative estimate of drug-likeness (QED) is 0.815. The van der Waals surface area contributed by atoms with Gasteiger partial charge in [0.2, 0.25) is 0 Å². The van der Waals surface area contributed by atoms with Gasteiger partial charge in [-0.1, -0.05) is 12.1 Å². The van der Waals surface area contributed by atoms with Crippen molar-refractivity contribution in [2.24, 2.45) is 0 Å². The number of nitrogens with one attached hydrogen (secondary N) is 2. The van der Waals surface area contributed by atoms with E-state index < -0.39 is 0 Å². The number of aromatic amines is 1. The Labute approximate surface area is 90.0 Å². The molecule has 2 N–H and O–H groups in total. The van der Waals surface area contributed by atoms with Crippen molar-refractivity contribution in [3.8, 4) is 0 Å².